The summed E-state index contributed by atoms with van der Waals surface area (Å²) in [5.74, 6) is -0.0269. The Morgan fingerprint density at radius 1 is 1.36 bits per heavy atom. The van der Waals surface area contributed by atoms with Gasteiger partial charge in [0.15, 0.2) is 0 Å². The van der Waals surface area contributed by atoms with Gasteiger partial charge in [-0.25, -0.2) is 0 Å². The van der Waals surface area contributed by atoms with Crippen LogP contribution in [0, 0.1) is 28.7 Å². The van der Waals surface area contributed by atoms with Crippen LogP contribution in [0.1, 0.15) is 29.8 Å². The quantitative estimate of drug-likeness (QED) is 0.772. The average Bonchev–Trinajstić information content (AvgIpc) is 2.75. The van der Waals surface area contributed by atoms with Gasteiger partial charge in [0.2, 0.25) is 5.91 Å². The zero-order chi connectivity index (χ0) is 16.1. The number of aromatic nitrogens is 2. The third-order valence-corrected chi connectivity index (χ3v) is 4.93. The van der Waals surface area contributed by atoms with Gasteiger partial charge in [0, 0.05) is 24.3 Å². The molecule has 2 rings (SSSR count). The Balaban J connectivity index is 1.82. The van der Waals surface area contributed by atoms with Gasteiger partial charge in [0.25, 0.3) is 0 Å². The van der Waals surface area contributed by atoms with E-state index >= 15 is 0 Å². The van der Waals surface area contributed by atoms with Crippen LogP contribution in [0.25, 0.3) is 0 Å². The number of anilines is 1. The summed E-state index contributed by atoms with van der Waals surface area (Å²) >= 11 is 2.29. The van der Waals surface area contributed by atoms with Crippen molar-refractivity contribution in [2.75, 3.05) is 5.32 Å². The van der Waals surface area contributed by atoms with Crippen LogP contribution in [0.4, 0.5) is 5.69 Å². The minimum atomic E-state index is -0.0269. The highest BCUT2D eigenvalue weighted by Crippen LogP contribution is 2.16. The van der Waals surface area contributed by atoms with Crippen molar-refractivity contribution >= 4 is 34.2 Å². The minimum Gasteiger partial charge on any atom is -0.326 e. The summed E-state index contributed by atoms with van der Waals surface area (Å²) in [7, 11) is 0. The lowest BCUT2D eigenvalue weighted by Gasteiger charge is -2.06. The molecule has 0 fully saturated rings. The molecule has 0 aliphatic rings. The van der Waals surface area contributed by atoms with E-state index in [-0.39, 0.29) is 5.91 Å². The molecule has 0 aliphatic heterocycles. The molecule has 1 N–H and O–H groups in total. The third kappa shape index (κ3) is 4.07. The third-order valence-electron chi connectivity index (χ3n) is 3.36. The minimum absolute atomic E-state index is 0.0269. The van der Waals surface area contributed by atoms with Crippen LogP contribution in [-0.2, 0) is 11.3 Å². The number of nitriles is 1. The van der Waals surface area contributed by atoms with Crippen LogP contribution in [0.15, 0.2) is 24.3 Å². The number of nitrogens with one attached hydrogen (secondary N) is 1. The summed E-state index contributed by atoms with van der Waals surface area (Å²) in [6, 6.07) is 8.90. The first-order chi connectivity index (χ1) is 10.5. The van der Waals surface area contributed by atoms with Crippen LogP contribution in [0.2, 0.25) is 0 Å². The highest BCUT2D eigenvalue weighted by Gasteiger charge is 2.09. The second kappa shape index (κ2) is 7.40. The van der Waals surface area contributed by atoms with Gasteiger partial charge in [0.05, 0.1) is 20.9 Å². The van der Waals surface area contributed by atoms with Crippen molar-refractivity contribution in [2.24, 2.45) is 0 Å². The van der Waals surface area contributed by atoms with Crippen molar-refractivity contribution in [3.05, 3.63) is 44.8 Å². The number of halogens is 1. The maximum Gasteiger partial charge on any atom is 0.224 e. The first-order valence-electron chi connectivity index (χ1n) is 7.01. The van der Waals surface area contributed by atoms with E-state index < -0.39 is 0 Å². The molecule has 22 heavy (non-hydrogen) atoms. The second-order valence-electron chi connectivity index (χ2n) is 5.05. The molecule has 0 atom stereocenters. The molecule has 0 unspecified atom stereocenters. The predicted octanol–water partition coefficient (Wildman–Crippen LogP) is 3.40. The molecule has 2 aromatic rings. The Labute approximate surface area is 143 Å². The molecule has 5 nitrogen and oxygen atoms in total. The van der Waals surface area contributed by atoms with Crippen molar-refractivity contribution in [1.82, 2.24) is 9.78 Å². The van der Waals surface area contributed by atoms with Crippen LogP contribution in [-0.4, -0.2) is 15.7 Å². The van der Waals surface area contributed by atoms with Gasteiger partial charge in [-0.2, -0.15) is 10.4 Å². The van der Waals surface area contributed by atoms with Gasteiger partial charge in [-0.1, -0.05) is 0 Å². The molecule has 0 saturated carbocycles. The number of hydrogen-bond acceptors (Lipinski definition) is 3. The average molecular weight is 408 g/mol. The molecule has 0 bridgehead atoms. The zero-order valence-corrected chi connectivity index (χ0v) is 14.7. The molecule has 1 aromatic carbocycles. The van der Waals surface area contributed by atoms with Crippen LogP contribution < -0.4 is 5.32 Å². The van der Waals surface area contributed by atoms with E-state index in [0.29, 0.717) is 17.7 Å². The molecule has 0 saturated heterocycles. The number of hydrogen-bond donors (Lipinski definition) is 1. The monoisotopic (exact) mass is 408 g/mol. The maximum atomic E-state index is 11.9. The molecule has 1 amide bonds. The van der Waals surface area contributed by atoms with Crippen LogP contribution in [0.5, 0.6) is 0 Å². The SMILES string of the molecule is Cc1nn(CCCC(=O)Nc2ccc(C#N)cc2)c(C)c1I. The first kappa shape index (κ1) is 16.5. The lowest BCUT2D eigenvalue weighted by Crippen LogP contribution is -2.13. The molecule has 1 aromatic heterocycles. The number of benzene rings is 1. The summed E-state index contributed by atoms with van der Waals surface area (Å²) in [6.07, 6.45) is 1.18. The normalized spacial score (nSPS) is 10.3. The van der Waals surface area contributed by atoms with Crippen molar-refractivity contribution in [3.8, 4) is 6.07 Å². The number of carbonyl (C=O) groups excluding carboxylic acids is 1. The number of rotatable bonds is 5. The fraction of sp³-hybridized carbons (Fsp3) is 0.312. The van der Waals surface area contributed by atoms with Gasteiger partial charge in [-0.3, -0.25) is 9.48 Å². The molecule has 0 radical (unpaired) electrons. The van der Waals surface area contributed by atoms with Crippen molar-refractivity contribution in [1.29, 1.82) is 5.26 Å². The second-order valence-corrected chi connectivity index (χ2v) is 6.13. The fourth-order valence-electron chi connectivity index (χ4n) is 2.13. The highest BCUT2D eigenvalue weighted by atomic mass is 127. The van der Waals surface area contributed by atoms with Crippen LogP contribution in [0.3, 0.4) is 0 Å². The Morgan fingerprint density at radius 3 is 2.59 bits per heavy atom. The standard InChI is InChI=1S/C16H17IN4O/c1-11-16(17)12(2)21(20-11)9-3-4-15(22)19-14-7-5-13(10-18)6-8-14/h5-8H,3-4,9H2,1-2H3,(H,19,22). The van der Waals surface area contributed by atoms with Gasteiger partial charge < -0.3 is 5.32 Å². The molecule has 0 aliphatic carbocycles. The molecule has 1 heterocycles. The number of amides is 1. The highest BCUT2D eigenvalue weighted by molar-refractivity contribution is 14.1. The number of carbonyl (C=O) groups is 1. The van der Waals surface area contributed by atoms with E-state index in [1.807, 2.05) is 24.6 Å². The molecule has 6 heteroatoms. The summed E-state index contributed by atoms with van der Waals surface area (Å²) < 4.78 is 3.13. The number of nitrogens with zero attached hydrogens (tertiary/aromatic N) is 3. The van der Waals surface area contributed by atoms with Crippen molar-refractivity contribution in [3.63, 3.8) is 0 Å². The van der Waals surface area contributed by atoms with Crippen LogP contribution >= 0.6 is 22.6 Å². The lowest BCUT2D eigenvalue weighted by molar-refractivity contribution is -0.116. The Bertz CT molecular complexity index is 713. The van der Waals surface area contributed by atoms with Crippen molar-refractivity contribution < 1.29 is 4.79 Å². The first-order valence-corrected chi connectivity index (χ1v) is 8.08. The fourth-order valence-corrected chi connectivity index (χ4v) is 2.52. The summed E-state index contributed by atoms with van der Waals surface area (Å²) in [4.78, 5) is 11.9. The van der Waals surface area contributed by atoms with E-state index in [4.69, 9.17) is 5.26 Å². The Morgan fingerprint density at radius 2 is 2.05 bits per heavy atom. The maximum absolute atomic E-state index is 11.9. The van der Waals surface area contributed by atoms with Gasteiger partial charge >= 0.3 is 0 Å². The van der Waals surface area contributed by atoms with Crippen molar-refractivity contribution in [2.45, 2.75) is 33.2 Å². The number of aryl methyl sites for hydroxylation is 2. The molecular formula is C16H17IN4O. The largest absolute Gasteiger partial charge is 0.326 e. The topological polar surface area (TPSA) is 70.7 Å². The summed E-state index contributed by atoms with van der Waals surface area (Å²) in [5.41, 5.74) is 3.47. The van der Waals surface area contributed by atoms with Gasteiger partial charge in [0.1, 0.15) is 0 Å². The Kier molecular flexibility index (Phi) is 5.55. The van der Waals surface area contributed by atoms with E-state index in [0.717, 1.165) is 24.4 Å². The summed E-state index contributed by atoms with van der Waals surface area (Å²) in [5, 5.41) is 16.0. The smallest absolute Gasteiger partial charge is 0.224 e. The van der Waals surface area contributed by atoms with E-state index in [9.17, 15) is 4.79 Å². The Hall–Kier alpha value is -1.88. The molecule has 114 valence electrons. The molecular weight excluding hydrogens is 391 g/mol. The predicted molar refractivity (Wildman–Crippen MR) is 93.4 cm³/mol. The van der Waals surface area contributed by atoms with Gasteiger partial charge in [-0.05, 0) is 67.1 Å². The molecule has 0 spiro atoms. The zero-order valence-electron chi connectivity index (χ0n) is 12.6. The van der Waals surface area contributed by atoms with E-state index in [2.05, 4.69) is 33.0 Å². The van der Waals surface area contributed by atoms with E-state index in [1.165, 1.54) is 3.57 Å². The summed E-state index contributed by atoms with van der Waals surface area (Å²) in [6.45, 7) is 4.76. The lowest BCUT2D eigenvalue weighted by atomic mass is 10.2. The van der Waals surface area contributed by atoms with E-state index in [1.54, 1.807) is 24.3 Å². The van der Waals surface area contributed by atoms with Gasteiger partial charge in [-0.15, -0.1) is 0 Å².